The molecule has 25 heavy (non-hydrogen) atoms. The first kappa shape index (κ1) is 16.5. The van der Waals surface area contributed by atoms with Crippen LogP contribution in [-0.2, 0) is 7.05 Å². The summed E-state index contributed by atoms with van der Waals surface area (Å²) in [5, 5.41) is 16.6. The van der Waals surface area contributed by atoms with E-state index in [-0.39, 0.29) is 0 Å². The highest BCUT2D eigenvalue weighted by Gasteiger charge is 2.54. The van der Waals surface area contributed by atoms with Crippen molar-refractivity contribution in [2.24, 2.45) is 18.4 Å². The predicted molar refractivity (Wildman–Crippen MR) is 99.3 cm³/mol. The summed E-state index contributed by atoms with van der Waals surface area (Å²) in [6.07, 6.45) is 6.08. The molecule has 2 aromatic rings. The molecule has 3 heterocycles. The van der Waals surface area contributed by atoms with E-state index in [4.69, 9.17) is 0 Å². The van der Waals surface area contributed by atoms with Crippen LogP contribution in [0.3, 0.4) is 0 Å². The number of piperidine rings is 1. The van der Waals surface area contributed by atoms with Gasteiger partial charge in [0.2, 0.25) is 0 Å². The first-order valence-corrected chi connectivity index (χ1v) is 9.40. The van der Waals surface area contributed by atoms with Gasteiger partial charge in [-0.1, -0.05) is 6.92 Å². The molecule has 4 rings (SSSR count). The van der Waals surface area contributed by atoms with Crippen molar-refractivity contribution in [2.45, 2.75) is 33.1 Å². The zero-order chi connectivity index (χ0) is 17.4. The molecule has 1 spiro atoms. The van der Waals surface area contributed by atoms with E-state index in [1.807, 2.05) is 37.0 Å². The number of aromatic nitrogens is 4. The maximum atomic E-state index is 4.37. The lowest BCUT2D eigenvalue weighted by Gasteiger charge is -2.32. The molecular weight excluding hydrogens is 312 g/mol. The molecule has 0 aromatic carbocycles. The molecule has 1 N–H and O–H groups in total. The van der Waals surface area contributed by atoms with Crippen molar-refractivity contribution in [3.8, 4) is 11.3 Å². The summed E-state index contributed by atoms with van der Waals surface area (Å²) in [6, 6.07) is 4.06. The average Bonchev–Trinajstić information content (AvgIpc) is 3.18. The minimum absolute atomic E-state index is 0.610. The Hall–Kier alpha value is -1.95. The number of likely N-dealkylation sites (tertiary alicyclic amines) is 1. The van der Waals surface area contributed by atoms with Gasteiger partial charge in [-0.05, 0) is 69.3 Å². The van der Waals surface area contributed by atoms with Gasteiger partial charge in [-0.15, -0.1) is 10.2 Å². The second-order valence-electron chi connectivity index (χ2n) is 7.68. The summed E-state index contributed by atoms with van der Waals surface area (Å²) >= 11 is 0. The molecule has 2 aromatic heterocycles. The van der Waals surface area contributed by atoms with Crippen LogP contribution >= 0.6 is 0 Å². The highest BCUT2D eigenvalue weighted by Crippen LogP contribution is 2.59. The summed E-state index contributed by atoms with van der Waals surface area (Å²) < 4.78 is 1.81. The second-order valence-corrected chi connectivity index (χ2v) is 7.68. The number of anilines is 1. The van der Waals surface area contributed by atoms with E-state index in [0.717, 1.165) is 35.2 Å². The zero-order valence-corrected chi connectivity index (χ0v) is 15.5. The Labute approximate surface area is 149 Å². The van der Waals surface area contributed by atoms with Crippen molar-refractivity contribution in [2.75, 3.05) is 31.5 Å². The molecule has 0 radical (unpaired) electrons. The standard InChI is InChI=1S/C19H28N6/c1-4-25-9-7-19(8-10-25)11-15(19)12-20-18-6-5-17(21-22-18)16-13-24(3)23-14(16)2/h5-6,13,15H,4,7-12H2,1-3H3,(H,20,22). The number of nitrogens with one attached hydrogen (secondary N) is 1. The van der Waals surface area contributed by atoms with Gasteiger partial charge in [0.25, 0.3) is 0 Å². The highest BCUT2D eigenvalue weighted by molar-refractivity contribution is 5.61. The normalized spacial score (nSPS) is 22.3. The lowest BCUT2D eigenvalue weighted by molar-refractivity contribution is 0.171. The van der Waals surface area contributed by atoms with Crippen LogP contribution in [0.15, 0.2) is 18.3 Å². The lowest BCUT2D eigenvalue weighted by Crippen LogP contribution is -2.35. The number of hydrogen-bond acceptors (Lipinski definition) is 5. The van der Waals surface area contributed by atoms with Crippen LogP contribution in [0.25, 0.3) is 11.3 Å². The monoisotopic (exact) mass is 340 g/mol. The summed E-state index contributed by atoms with van der Waals surface area (Å²) in [5.41, 5.74) is 3.52. The minimum Gasteiger partial charge on any atom is -0.368 e. The van der Waals surface area contributed by atoms with Gasteiger partial charge in [0.05, 0.1) is 11.4 Å². The Morgan fingerprint density at radius 2 is 2.04 bits per heavy atom. The number of aryl methyl sites for hydroxylation is 2. The summed E-state index contributed by atoms with van der Waals surface area (Å²) in [7, 11) is 1.93. The van der Waals surface area contributed by atoms with Crippen molar-refractivity contribution in [3.05, 3.63) is 24.0 Å². The van der Waals surface area contributed by atoms with E-state index in [1.54, 1.807) is 0 Å². The number of nitrogens with zero attached hydrogens (tertiary/aromatic N) is 5. The fourth-order valence-electron chi connectivity index (χ4n) is 4.30. The maximum Gasteiger partial charge on any atom is 0.148 e. The average molecular weight is 340 g/mol. The molecule has 134 valence electrons. The van der Waals surface area contributed by atoms with Crippen molar-refractivity contribution < 1.29 is 0 Å². The third-order valence-corrected chi connectivity index (χ3v) is 6.14. The second kappa shape index (κ2) is 6.41. The Balaban J connectivity index is 1.32. The molecule has 6 nitrogen and oxygen atoms in total. The van der Waals surface area contributed by atoms with Crippen LogP contribution in [0.2, 0.25) is 0 Å². The molecule has 1 aliphatic carbocycles. The highest BCUT2D eigenvalue weighted by atomic mass is 15.3. The Bertz CT molecular complexity index is 727. The molecule has 0 bridgehead atoms. The molecule has 6 heteroatoms. The fourth-order valence-corrected chi connectivity index (χ4v) is 4.30. The summed E-state index contributed by atoms with van der Waals surface area (Å²) in [4.78, 5) is 2.57. The predicted octanol–water partition coefficient (Wildman–Crippen LogP) is 2.72. The molecular formula is C19H28N6. The molecule has 2 fully saturated rings. The Kier molecular flexibility index (Phi) is 4.23. The number of rotatable bonds is 5. The molecule has 1 saturated heterocycles. The summed E-state index contributed by atoms with van der Waals surface area (Å²) in [6.45, 7) is 9.01. The van der Waals surface area contributed by atoms with Crippen molar-refractivity contribution in [3.63, 3.8) is 0 Å². The van der Waals surface area contributed by atoms with Gasteiger partial charge in [0, 0.05) is 25.4 Å². The van der Waals surface area contributed by atoms with E-state index >= 15 is 0 Å². The van der Waals surface area contributed by atoms with Gasteiger partial charge in [0.15, 0.2) is 0 Å². The topological polar surface area (TPSA) is 58.9 Å². The van der Waals surface area contributed by atoms with Crippen LogP contribution in [0.5, 0.6) is 0 Å². The first-order valence-electron chi connectivity index (χ1n) is 9.40. The van der Waals surface area contributed by atoms with E-state index in [9.17, 15) is 0 Å². The Morgan fingerprint density at radius 3 is 2.64 bits per heavy atom. The van der Waals surface area contributed by atoms with Gasteiger partial charge in [0.1, 0.15) is 5.82 Å². The van der Waals surface area contributed by atoms with Gasteiger partial charge in [-0.25, -0.2) is 0 Å². The third kappa shape index (κ3) is 3.27. The number of hydrogen-bond donors (Lipinski definition) is 1. The quantitative estimate of drug-likeness (QED) is 0.907. The first-order chi connectivity index (χ1) is 12.1. The van der Waals surface area contributed by atoms with E-state index in [1.165, 1.54) is 38.9 Å². The fraction of sp³-hybridized carbons (Fsp3) is 0.632. The van der Waals surface area contributed by atoms with Gasteiger partial charge in [-0.2, -0.15) is 5.10 Å². The van der Waals surface area contributed by atoms with Gasteiger partial charge >= 0.3 is 0 Å². The SMILES string of the molecule is CCN1CCC2(CC1)CC2CNc1ccc(-c2cn(C)nc2C)nn1. The van der Waals surface area contributed by atoms with Crippen LogP contribution < -0.4 is 5.32 Å². The van der Waals surface area contributed by atoms with Gasteiger partial charge in [-0.3, -0.25) is 4.68 Å². The van der Waals surface area contributed by atoms with E-state index < -0.39 is 0 Å². The third-order valence-electron chi connectivity index (χ3n) is 6.14. The van der Waals surface area contributed by atoms with Gasteiger partial charge < -0.3 is 10.2 Å². The molecule has 1 saturated carbocycles. The van der Waals surface area contributed by atoms with Crippen molar-refractivity contribution in [1.29, 1.82) is 0 Å². The molecule has 2 aliphatic rings. The minimum atomic E-state index is 0.610. The lowest BCUT2D eigenvalue weighted by atomic mass is 9.91. The molecule has 1 unspecified atom stereocenters. The van der Waals surface area contributed by atoms with Crippen molar-refractivity contribution >= 4 is 5.82 Å². The van der Waals surface area contributed by atoms with Crippen LogP contribution in [-0.4, -0.2) is 51.1 Å². The summed E-state index contributed by atoms with van der Waals surface area (Å²) in [5.74, 6) is 1.67. The molecule has 0 amide bonds. The molecule has 1 aliphatic heterocycles. The van der Waals surface area contributed by atoms with Crippen LogP contribution in [0.1, 0.15) is 31.9 Å². The largest absolute Gasteiger partial charge is 0.368 e. The van der Waals surface area contributed by atoms with E-state index in [2.05, 4.69) is 32.4 Å². The van der Waals surface area contributed by atoms with E-state index in [0.29, 0.717) is 5.41 Å². The Morgan fingerprint density at radius 1 is 1.24 bits per heavy atom. The van der Waals surface area contributed by atoms with Crippen LogP contribution in [0, 0.1) is 18.3 Å². The van der Waals surface area contributed by atoms with Crippen LogP contribution in [0.4, 0.5) is 5.82 Å². The maximum absolute atomic E-state index is 4.37. The smallest absolute Gasteiger partial charge is 0.148 e. The molecule has 1 atom stereocenters. The zero-order valence-electron chi connectivity index (χ0n) is 15.5. The van der Waals surface area contributed by atoms with Crippen molar-refractivity contribution in [1.82, 2.24) is 24.9 Å².